The summed E-state index contributed by atoms with van der Waals surface area (Å²) in [6, 6.07) is 4.71. The molecule has 10 heteroatoms. The van der Waals surface area contributed by atoms with Crippen LogP contribution < -0.4 is 5.32 Å². The van der Waals surface area contributed by atoms with Gasteiger partial charge < -0.3 is 9.64 Å². The van der Waals surface area contributed by atoms with Crippen LogP contribution in [0.1, 0.15) is 66.4 Å². The molecule has 0 spiro atoms. The highest BCUT2D eigenvalue weighted by molar-refractivity contribution is 7.85. The number of unbranched alkanes of at least 4 members (excludes halogenated alkanes) is 4. The predicted octanol–water partition coefficient (Wildman–Crippen LogP) is 1.74. The molecule has 0 saturated carbocycles. The topological polar surface area (TPSA) is 119 Å². The maximum absolute atomic E-state index is 12.8. The quantitative estimate of drug-likeness (QED) is 0.217. The van der Waals surface area contributed by atoms with Crippen molar-refractivity contribution in [1.29, 1.82) is 0 Å². The van der Waals surface area contributed by atoms with E-state index in [1.54, 1.807) is 12.1 Å². The van der Waals surface area contributed by atoms with E-state index in [0.29, 0.717) is 31.6 Å². The SMILES string of the molecule is CS(=O)(=O)OCCCCCCCOCC#Cc1cccc2c1CN(C1CCC(=O)NC1=O)C2=O. The van der Waals surface area contributed by atoms with Gasteiger partial charge in [-0.05, 0) is 37.0 Å². The molecule has 1 atom stereocenters. The normalized spacial score (nSPS) is 17.9. The van der Waals surface area contributed by atoms with E-state index in [0.717, 1.165) is 43.1 Å². The number of benzene rings is 1. The fourth-order valence-electron chi connectivity index (χ4n) is 4.00. The Labute approximate surface area is 200 Å². The van der Waals surface area contributed by atoms with Gasteiger partial charge in [0.1, 0.15) is 12.6 Å². The Morgan fingerprint density at radius 2 is 1.82 bits per heavy atom. The van der Waals surface area contributed by atoms with Crippen molar-refractivity contribution in [3.63, 3.8) is 0 Å². The standard InChI is InChI=1S/C24H30N2O7S/c1-34(30,31)33-16-6-4-2-3-5-14-32-15-8-10-18-9-7-11-19-20(18)17-26(24(19)29)21-12-13-22(27)25-23(21)28/h7,9,11,21H,2-6,12-17H2,1H3,(H,25,27,28). The summed E-state index contributed by atoms with van der Waals surface area (Å²) < 4.78 is 32.0. The molecule has 34 heavy (non-hydrogen) atoms. The Balaban J connectivity index is 1.39. The molecule has 0 aliphatic carbocycles. The lowest BCUT2D eigenvalue weighted by Gasteiger charge is -2.29. The molecule has 3 amide bonds. The zero-order valence-corrected chi connectivity index (χ0v) is 20.1. The van der Waals surface area contributed by atoms with Gasteiger partial charge in [-0.2, -0.15) is 8.42 Å². The number of imide groups is 1. The van der Waals surface area contributed by atoms with Crippen molar-refractivity contribution < 1.29 is 31.7 Å². The Hall–Kier alpha value is -2.74. The van der Waals surface area contributed by atoms with Gasteiger partial charge in [0, 0.05) is 30.7 Å². The van der Waals surface area contributed by atoms with Crippen LogP contribution in [-0.4, -0.2) is 63.2 Å². The zero-order valence-electron chi connectivity index (χ0n) is 19.3. The third-order valence-corrected chi connectivity index (χ3v) is 6.30. The van der Waals surface area contributed by atoms with Crippen molar-refractivity contribution >= 4 is 27.8 Å². The smallest absolute Gasteiger partial charge is 0.264 e. The molecule has 0 bridgehead atoms. The van der Waals surface area contributed by atoms with Crippen LogP contribution >= 0.6 is 0 Å². The number of fused-ring (bicyclic) bond motifs is 1. The molecule has 1 unspecified atom stereocenters. The fourth-order valence-corrected chi connectivity index (χ4v) is 4.42. The lowest BCUT2D eigenvalue weighted by Crippen LogP contribution is -2.52. The van der Waals surface area contributed by atoms with Crippen LogP contribution in [-0.2, 0) is 35.2 Å². The third kappa shape index (κ3) is 7.38. The van der Waals surface area contributed by atoms with Crippen LogP contribution in [0.2, 0.25) is 0 Å². The lowest BCUT2D eigenvalue weighted by atomic mass is 10.0. The van der Waals surface area contributed by atoms with Crippen LogP contribution in [0.25, 0.3) is 0 Å². The Morgan fingerprint density at radius 1 is 1.09 bits per heavy atom. The number of ether oxygens (including phenoxy) is 1. The summed E-state index contributed by atoms with van der Waals surface area (Å²) in [5.41, 5.74) is 2.07. The molecule has 3 rings (SSSR count). The van der Waals surface area contributed by atoms with E-state index in [1.165, 1.54) is 4.90 Å². The van der Waals surface area contributed by atoms with Crippen LogP contribution in [0.4, 0.5) is 0 Å². The van der Waals surface area contributed by atoms with Crippen LogP contribution in [0, 0.1) is 11.8 Å². The molecule has 1 N–H and O–H groups in total. The summed E-state index contributed by atoms with van der Waals surface area (Å²) in [7, 11) is -3.35. The zero-order chi connectivity index (χ0) is 24.6. The van der Waals surface area contributed by atoms with Crippen LogP contribution in [0.15, 0.2) is 18.2 Å². The highest BCUT2D eigenvalue weighted by Gasteiger charge is 2.39. The van der Waals surface area contributed by atoms with Crippen molar-refractivity contribution in [3.8, 4) is 11.8 Å². The predicted molar refractivity (Wildman–Crippen MR) is 124 cm³/mol. The molecule has 1 fully saturated rings. The van der Waals surface area contributed by atoms with Gasteiger partial charge in [0.05, 0.1) is 12.9 Å². The number of amides is 3. The Morgan fingerprint density at radius 3 is 2.56 bits per heavy atom. The molecule has 1 aromatic carbocycles. The summed E-state index contributed by atoms with van der Waals surface area (Å²) in [6.45, 7) is 1.38. The van der Waals surface area contributed by atoms with Crippen molar-refractivity contribution in [2.24, 2.45) is 0 Å². The van der Waals surface area contributed by atoms with Gasteiger partial charge in [0.2, 0.25) is 11.8 Å². The third-order valence-electron chi connectivity index (χ3n) is 5.71. The van der Waals surface area contributed by atoms with E-state index in [4.69, 9.17) is 8.92 Å². The molecular formula is C24H30N2O7S. The van der Waals surface area contributed by atoms with E-state index < -0.39 is 22.1 Å². The molecule has 2 aliphatic rings. The molecular weight excluding hydrogens is 460 g/mol. The molecule has 1 saturated heterocycles. The number of nitrogens with one attached hydrogen (secondary N) is 1. The number of nitrogens with zero attached hydrogens (tertiary/aromatic N) is 1. The van der Waals surface area contributed by atoms with Crippen molar-refractivity contribution in [3.05, 3.63) is 34.9 Å². The van der Waals surface area contributed by atoms with E-state index in [2.05, 4.69) is 17.2 Å². The van der Waals surface area contributed by atoms with Crippen molar-refractivity contribution in [1.82, 2.24) is 10.2 Å². The largest absolute Gasteiger partial charge is 0.369 e. The highest BCUT2D eigenvalue weighted by Crippen LogP contribution is 2.29. The maximum Gasteiger partial charge on any atom is 0.264 e. The van der Waals surface area contributed by atoms with E-state index >= 15 is 0 Å². The number of carbonyl (C=O) groups excluding carboxylic acids is 3. The number of hydrogen-bond donors (Lipinski definition) is 1. The second-order valence-corrected chi connectivity index (χ2v) is 10.0. The first-order valence-electron chi connectivity index (χ1n) is 11.4. The van der Waals surface area contributed by atoms with Crippen molar-refractivity contribution in [2.45, 2.75) is 57.5 Å². The Bertz CT molecular complexity index is 1090. The summed E-state index contributed by atoms with van der Waals surface area (Å²) in [6.07, 6.45) is 6.07. The number of rotatable bonds is 11. The minimum atomic E-state index is -3.35. The molecule has 1 aromatic rings. The molecule has 0 aromatic heterocycles. The van der Waals surface area contributed by atoms with Gasteiger partial charge in [-0.3, -0.25) is 23.9 Å². The first kappa shape index (κ1) is 25.9. The Kier molecular flexibility index (Phi) is 9.21. The van der Waals surface area contributed by atoms with Gasteiger partial charge in [-0.15, -0.1) is 0 Å². The lowest BCUT2D eigenvalue weighted by molar-refractivity contribution is -0.136. The van der Waals surface area contributed by atoms with Gasteiger partial charge in [0.25, 0.3) is 16.0 Å². The maximum atomic E-state index is 12.8. The molecule has 0 radical (unpaired) electrons. The summed E-state index contributed by atoms with van der Waals surface area (Å²) in [5.74, 6) is 5.11. The van der Waals surface area contributed by atoms with Crippen LogP contribution in [0.5, 0.6) is 0 Å². The summed E-state index contributed by atoms with van der Waals surface area (Å²) in [5, 5.41) is 2.31. The first-order valence-corrected chi connectivity index (χ1v) is 13.3. The van der Waals surface area contributed by atoms with Crippen molar-refractivity contribution in [2.75, 3.05) is 26.1 Å². The molecule has 184 valence electrons. The molecule has 2 heterocycles. The fraction of sp³-hybridized carbons (Fsp3) is 0.542. The van der Waals surface area contributed by atoms with E-state index in [9.17, 15) is 22.8 Å². The average Bonchev–Trinajstić information content (AvgIpc) is 3.11. The second-order valence-electron chi connectivity index (χ2n) is 8.38. The number of piperidine rings is 1. The van der Waals surface area contributed by atoms with E-state index in [1.807, 2.05) is 6.07 Å². The van der Waals surface area contributed by atoms with Gasteiger partial charge in [-0.25, -0.2) is 0 Å². The summed E-state index contributed by atoms with van der Waals surface area (Å²) >= 11 is 0. The second kappa shape index (κ2) is 12.1. The van der Waals surface area contributed by atoms with Gasteiger partial charge in [0.15, 0.2) is 0 Å². The minimum Gasteiger partial charge on any atom is -0.369 e. The monoisotopic (exact) mass is 490 g/mol. The average molecular weight is 491 g/mol. The minimum absolute atomic E-state index is 0.215. The molecule has 9 nitrogen and oxygen atoms in total. The molecule has 2 aliphatic heterocycles. The first-order chi connectivity index (χ1) is 16.3. The highest BCUT2D eigenvalue weighted by atomic mass is 32.2. The number of hydrogen-bond acceptors (Lipinski definition) is 7. The van der Waals surface area contributed by atoms with E-state index in [-0.39, 0.29) is 31.4 Å². The summed E-state index contributed by atoms with van der Waals surface area (Å²) in [4.78, 5) is 38.0. The van der Waals surface area contributed by atoms with Crippen LogP contribution in [0.3, 0.4) is 0 Å². The van der Waals surface area contributed by atoms with Gasteiger partial charge in [-0.1, -0.05) is 37.2 Å². The number of carbonyl (C=O) groups is 3. The van der Waals surface area contributed by atoms with Gasteiger partial charge >= 0.3 is 0 Å².